The van der Waals surface area contributed by atoms with Crippen LogP contribution < -0.4 is 10.5 Å². The first-order chi connectivity index (χ1) is 22.2. The van der Waals surface area contributed by atoms with Gasteiger partial charge in [0.25, 0.3) is 5.91 Å². The van der Waals surface area contributed by atoms with Crippen LogP contribution in [-0.2, 0) is 9.53 Å². The second-order valence-electron chi connectivity index (χ2n) is 12.2. The van der Waals surface area contributed by atoms with E-state index in [-0.39, 0.29) is 34.9 Å². The van der Waals surface area contributed by atoms with Crippen LogP contribution in [0.4, 0.5) is 10.2 Å². The summed E-state index contributed by atoms with van der Waals surface area (Å²) in [6.07, 6.45) is 4.52. The summed E-state index contributed by atoms with van der Waals surface area (Å²) in [6.45, 7) is 8.94. The number of likely N-dealkylation sites (tertiary alicyclic amines) is 1. The van der Waals surface area contributed by atoms with Crippen molar-refractivity contribution in [3.8, 4) is 28.8 Å². The van der Waals surface area contributed by atoms with E-state index in [1.165, 1.54) is 12.4 Å². The number of carbonyl (C=O) groups is 1. The number of para-hydroxylation sites is 1. The van der Waals surface area contributed by atoms with Gasteiger partial charge < -0.3 is 20.1 Å². The first-order valence-corrected chi connectivity index (χ1v) is 15.5. The highest BCUT2D eigenvalue weighted by molar-refractivity contribution is 5.99. The fourth-order valence-corrected chi connectivity index (χ4v) is 6.44. The number of ether oxygens (including phenoxy) is 2. The third-order valence-electron chi connectivity index (χ3n) is 8.71. The van der Waals surface area contributed by atoms with Crippen molar-refractivity contribution in [1.29, 1.82) is 5.26 Å². The molecule has 4 heterocycles. The van der Waals surface area contributed by atoms with Crippen molar-refractivity contribution in [3.05, 3.63) is 72.3 Å². The number of nitrogen functional groups attached to an aromatic ring is 1. The fourth-order valence-electron chi connectivity index (χ4n) is 6.44. The van der Waals surface area contributed by atoms with Crippen LogP contribution in [0.25, 0.3) is 22.3 Å². The van der Waals surface area contributed by atoms with Crippen LogP contribution in [0.1, 0.15) is 39.7 Å². The summed E-state index contributed by atoms with van der Waals surface area (Å²) >= 11 is 0. The molecular weight excluding hydrogens is 587 g/mol. The third-order valence-corrected chi connectivity index (χ3v) is 8.71. The van der Waals surface area contributed by atoms with Crippen molar-refractivity contribution < 1.29 is 18.7 Å². The number of likely N-dealkylation sites (N-methyl/N-ethyl adjacent to an activating group) is 1. The lowest BCUT2D eigenvalue weighted by Gasteiger charge is -2.45. The number of nitriles is 1. The molecule has 46 heavy (non-hydrogen) atoms. The summed E-state index contributed by atoms with van der Waals surface area (Å²) in [5.41, 5.74) is 6.87. The number of amides is 1. The molecular formula is C34H37FN8O3. The third kappa shape index (κ3) is 6.03. The molecule has 0 bridgehead atoms. The SMILES string of the molecule is CCN(C1COC1)C(C)(C)C=C(C#N)C(=O)N1CCCC(n2nc(-c3ccc(Oc4ccccc4)cc3F)c3c(N)ncnc32)C1. The summed E-state index contributed by atoms with van der Waals surface area (Å²) < 4.78 is 28.5. The lowest BCUT2D eigenvalue weighted by molar-refractivity contribution is -0.128. The molecule has 0 saturated carbocycles. The highest BCUT2D eigenvalue weighted by atomic mass is 19.1. The van der Waals surface area contributed by atoms with Gasteiger partial charge in [0.1, 0.15) is 46.8 Å². The molecule has 1 unspecified atom stereocenters. The van der Waals surface area contributed by atoms with Gasteiger partial charge in [0, 0.05) is 30.3 Å². The van der Waals surface area contributed by atoms with Crippen molar-refractivity contribution in [2.45, 2.75) is 51.2 Å². The fraction of sp³-hybridized carbons (Fsp3) is 0.382. The number of fused-ring (bicyclic) bond motifs is 1. The Morgan fingerprint density at radius 3 is 2.67 bits per heavy atom. The van der Waals surface area contributed by atoms with Crippen molar-refractivity contribution >= 4 is 22.8 Å². The minimum absolute atomic E-state index is 0.0989. The maximum absolute atomic E-state index is 15.6. The minimum Gasteiger partial charge on any atom is -0.457 e. The second-order valence-corrected chi connectivity index (χ2v) is 12.2. The number of anilines is 1. The van der Waals surface area contributed by atoms with Crippen molar-refractivity contribution in [1.82, 2.24) is 29.5 Å². The molecule has 2 aromatic heterocycles. The zero-order chi connectivity index (χ0) is 32.4. The van der Waals surface area contributed by atoms with E-state index < -0.39 is 11.4 Å². The number of hydrogen-bond acceptors (Lipinski definition) is 9. The molecule has 4 aromatic rings. The predicted molar refractivity (Wildman–Crippen MR) is 171 cm³/mol. The van der Waals surface area contributed by atoms with E-state index in [0.29, 0.717) is 67.4 Å². The topological polar surface area (TPSA) is 135 Å². The summed E-state index contributed by atoms with van der Waals surface area (Å²) in [5, 5.41) is 15.3. The highest BCUT2D eigenvalue weighted by Crippen LogP contribution is 2.36. The van der Waals surface area contributed by atoms with Crippen LogP contribution in [0, 0.1) is 17.1 Å². The van der Waals surface area contributed by atoms with E-state index in [0.717, 1.165) is 6.54 Å². The maximum Gasteiger partial charge on any atom is 0.264 e. The van der Waals surface area contributed by atoms with Crippen molar-refractivity contribution in [2.24, 2.45) is 0 Å². The quantitative estimate of drug-likeness (QED) is 0.199. The molecule has 12 heteroatoms. The zero-order valence-corrected chi connectivity index (χ0v) is 26.2. The molecule has 2 aliphatic rings. The molecule has 2 aliphatic heterocycles. The number of nitrogens with two attached hydrogens (primary N) is 1. The van der Waals surface area contributed by atoms with E-state index in [1.54, 1.807) is 39.9 Å². The summed E-state index contributed by atoms with van der Waals surface area (Å²) in [4.78, 5) is 26.3. The minimum atomic E-state index is -0.537. The number of hydrogen-bond donors (Lipinski definition) is 1. The van der Waals surface area contributed by atoms with E-state index in [4.69, 9.17) is 20.3 Å². The van der Waals surface area contributed by atoms with E-state index in [1.807, 2.05) is 32.0 Å². The number of carbonyl (C=O) groups excluding carboxylic acids is 1. The van der Waals surface area contributed by atoms with Gasteiger partial charge in [-0.2, -0.15) is 10.4 Å². The standard InChI is InChI=1S/C34H37FN8O3/c1-4-42(24-19-45-20-24)34(2,3)16-22(17-36)33(44)41-14-8-9-23(18-41)43-32-29(31(37)38-21-39-32)30(40-43)27-13-12-26(15-28(27)35)46-25-10-6-5-7-11-25/h5-7,10-13,15-16,21,23-24H,4,8-9,14,18-20H2,1-3H3,(H2,37,38,39). The average molecular weight is 625 g/mol. The molecule has 2 fully saturated rings. The van der Waals surface area contributed by atoms with E-state index in [9.17, 15) is 10.1 Å². The Labute approximate surface area is 267 Å². The highest BCUT2D eigenvalue weighted by Gasteiger charge is 2.36. The van der Waals surface area contributed by atoms with Gasteiger partial charge in [-0.1, -0.05) is 25.1 Å². The predicted octanol–water partition coefficient (Wildman–Crippen LogP) is 5.12. The van der Waals surface area contributed by atoms with Crippen LogP contribution in [0.2, 0.25) is 0 Å². The number of nitrogens with zero attached hydrogens (tertiary/aromatic N) is 7. The smallest absolute Gasteiger partial charge is 0.264 e. The largest absolute Gasteiger partial charge is 0.457 e. The van der Waals surface area contributed by atoms with Crippen LogP contribution in [-0.4, -0.2) is 79.9 Å². The van der Waals surface area contributed by atoms with Gasteiger partial charge >= 0.3 is 0 Å². The molecule has 1 atom stereocenters. The van der Waals surface area contributed by atoms with Crippen molar-refractivity contribution in [2.75, 3.05) is 38.6 Å². The Kier molecular flexibility index (Phi) is 8.71. The molecule has 11 nitrogen and oxygen atoms in total. The Bertz CT molecular complexity index is 1810. The average Bonchev–Trinajstić information content (AvgIpc) is 3.42. The number of aromatic nitrogens is 4. The maximum atomic E-state index is 15.6. The molecule has 2 N–H and O–H groups in total. The zero-order valence-electron chi connectivity index (χ0n) is 26.2. The van der Waals surface area contributed by atoms with Crippen LogP contribution in [0.3, 0.4) is 0 Å². The number of piperidine rings is 1. The number of rotatable bonds is 9. The molecule has 238 valence electrons. The Hall–Kier alpha value is -4.86. The molecule has 0 spiro atoms. The van der Waals surface area contributed by atoms with Crippen molar-refractivity contribution in [3.63, 3.8) is 0 Å². The van der Waals surface area contributed by atoms with E-state index >= 15 is 4.39 Å². The summed E-state index contributed by atoms with van der Waals surface area (Å²) in [6, 6.07) is 15.8. The first kappa shape index (κ1) is 31.1. The monoisotopic (exact) mass is 624 g/mol. The van der Waals surface area contributed by atoms with Crippen LogP contribution >= 0.6 is 0 Å². The number of halogens is 1. The van der Waals surface area contributed by atoms with E-state index in [2.05, 4.69) is 27.9 Å². The lowest BCUT2D eigenvalue weighted by Crippen LogP contribution is -2.57. The normalized spacial score (nSPS) is 17.6. The summed E-state index contributed by atoms with van der Waals surface area (Å²) in [5.74, 6) is 0.242. The molecule has 2 saturated heterocycles. The Morgan fingerprint density at radius 1 is 1.22 bits per heavy atom. The first-order valence-electron chi connectivity index (χ1n) is 15.5. The number of benzene rings is 2. The van der Waals surface area contributed by atoms with Gasteiger partial charge in [0.05, 0.1) is 30.7 Å². The van der Waals surface area contributed by atoms with Gasteiger partial charge in [-0.3, -0.25) is 9.69 Å². The lowest BCUT2D eigenvalue weighted by atomic mass is 9.95. The van der Waals surface area contributed by atoms with Gasteiger partial charge in [0.2, 0.25) is 0 Å². The second kappa shape index (κ2) is 12.9. The molecule has 0 radical (unpaired) electrons. The van der Waals surface area contributed by atoms with Gasteiger partial charge in [-0.25, -0.2) is 19.0 Å². The van der Waals surface area contributed by atoms with Gasteiger partial charge in [-0.15, -0.1) is 0 Å². The Morgan fingerprint density at radius 2 is 2.00 bits per heavy atom. The van der Waals surface area contributed by atoms with Gasteiger partial charge in [-0.05, 0) is 63.6 Å². The Balaban J connectivity index is 1.28. The molecule has 1 amide bonds. The molecule has 0 aliphatic carbocycles. The van der Waals surface area contributed by atoms with Crippen LogP contribution in [0.5, 0.6) is 11.5 Å². The van der Waals surface area contributed by atoms with Crippen LogP contribution in [0.15, 0.2) is 66.5 Å². The summed E-state index contributed by atoms with van der Waals surface area (Å²) in [7, 11) is 0. The molecule has 2 aromatic carbocycles. The molecule has 6 rings (SSSR count). The van der Waals surface area contributed by atoms with Gasteiger partial charge in [0.15, 0.2) is 5.65 Å².